The number of aromatic nitrogens is 1. The Morgan fingerprint density at radius 3 is 2.42 bits per heavy atom. The first-order valence-corrected chi connectivity index (χ1v) is 8.87. The average Bonchev–Trinajstić information content (AvgIpc) is 2.79. The molecule has 1 heterocycles. The van der Waals surface area contributed by atoms with E-state index in [9.17, 15) is 14.4 Å². The number of hydrogen-bond acceptors (Lipinski definition) is 5. The van der Waals surface area contributed by atoms with Gasteiger partial charge >= 0.3 is 12.1 Å². The van der Waals surface area contributed by atoms with Gasteiger partial charge in [-0.1, -0.05) is 6.92 Å². The molecule has 26 heavy (non-hydrogen) atoms. The number of rotatable bonds is 8. The molecule has 1 amide bonds. The van der Waals surface area contributed by atoms with E-state index in [-0.39, 0.29) is 25.4 Å². The van der Waals surface area contributed by atoms with E-state index in [0.29, 0.717) is 5.56 Å². The lowest BCUT2D eigenvalue weighted by molar-refractivity contribution is -0.142. The van der Waals surface area contributed by atoms with Crippen molar-refractivity contribution in [3.8, 4) is 0 Å². The van der Waals surface area contributed by atoms with Crippen molar-refractivity contribution in [3.05, 3.63) is 23.0 Å². The standard InChI is InChI=1S/C19H30N2O5/c1-7-10-21-13(2)11-15(14(21)3)16(22)12-25-17(23)8-9-20-18(24)26-19(4,5)6/h11H,7-10,12H2,1-6H3,(H,20,24). The summed E-state index contributed by atoms with van der Waals surface area (Å²) in [6.45, 7) is 11.8. The smallest absolute Gasteiger partial charge is 0.407 e. The van der Waals surface area contributed by atoms with Crippen molar-refractivity contribution in [1.82, 2.24) is 9.88 Å². The summed E-state index contributed by atoms with van der Waals surface area (Å²) < 4.78 is 12.2. The molecule has 1 aromatic rings. The zero-order valence-corrected chi connectivity index (χ0v) is 16.6. The molecule has 0 unspecified atom stereocenters. The van der Waals surface area contributed by atoms with Crippen LogP contribution in [0.1, 0.15) is 62.3 Å². The number of Topliss-reactive ketones (excluding diaryl/α,β-unsaturated/α-hetero) is 1. The highest BCUT2D eigenvalue weighted by atomic mass is 16.6. The van der Waals surface area contributed by atoms with Crippen LogP contribution in [0.15, 0.2) is 6.07 Å². The van der Waals surface area contributed by atoms with Crippen molar-refractivity contribution in [2.24, 2.45) is 0 Å². The number of esters is 1. The molecule has 146 valence electrons. The second-order valence-corrected chi connectivity index (χ2v) is 7.20. The van der Waals surface area contributed by atoms with E-state index in [2.05, 4.69) is 16.8 Å². The van der Waals surface area contributed by atoms with Crippen molar-refractivity contribution in [1.29, 1.82) is 0 Å². The lowest BCUT2D eigenvalue weighted by Crippen LogP contribution is -2.33. The summed E-state index contributed by atoms with van der Waals surface area (Å²) in [5.41, 5.74) is 1.88. The molecule has 0 spiro atoms. The van der Waals surface area contributed by atoms with Gasteiger partial charge in [0.1, 0.15) is 5.60 Å². The number of ether oxygens (including phenoxy) is 2. The van der Waals surface area contributed by atoms with Gasteiger partial charge in [0.2, 0.25) is 5.78 Å². The van der Waals surface area contributed by atoms with Gasteiger partial charge in [-0.15, -0.1) is 0 Å². The minimum absolute atomic E-state index is 0.0264. The summed E-state index contributed by atoms with van der Waals surface area (Å²) in [5, 5.41) is 2.47. The Morgan fingerprint density at radius 1 is 1.19 bits per heavy atom. The summed E-state index contributed by atoms with van der Waals surface area (Å²) in [6, 6.07) is 1.82. The Morgan fingerprint density at radius 2 is 1.85 bits per heavy atom. The van der Waals surface area contributed by atoms with E-state index in [1.54, 1.807) is 20.8 Å². The maximum Gasteiger partial charge on any atom is 0.407 e. The van der Waals surface area contributed by atoms with Crippen LogP contribution in [-0.4, -0.2) is 41.2 Å². The van der Waals surface area contributed by atoms with Crippen molar-refractivity contribution in [2.75, 3.05) is 13.2 Å². The number of nitrogens with zero attached hydrogens (tertiary/aromatic N) is 1. The van der Waals surface area contributed by atoms with Crippen LogP contribution in [0.2, 0.25) is 0 Å². The SMILES string of the molecule is CCCn1c(C)cc(C(=O)COC(=O)CCNC(=O)OC(C)(C)C)c1C. The van der Waals surface area contributed by atoms with E-state index in [0.717, 1.165) is 24.4 Å². The largest absolute Gasteiger partial charge is 0.457 e. The van der Waals surface area contributed by atoms with Gasteiger partial charge in [-0.05, 0) is 47.1 Å². The summed E-state index contributed by atoms with van der Waals surface area (Å²) in [5.74, 6) is -0.773. The fourth-order valence-electron chi connectivity index (χ4n) is 2.53. The van der Waals surface area contributed by atoms with Gasteiger partial charge in [0.25, 0.3) is 0 Å². The fourth-order valence-corrected chi connectivity index (χ4v) is 2.53. The molecule has 1 rings (SSSR count). The van der Waals surface area contributed by atoms with Gasteiger partial charge in [0.05, 0.1) is 6.42 Å². The Bertz CT molecular complexity index is 656. The number of hydrogen-bond donors (Lipinski definition) is 1. The number of carbonyl (C=O) groups is 3. The molecule has 0 saturated heterocycles. The van der Waals surface area contributed by atoms with E-state index < -0.39 is 17.7 Å². The average molecular weight is 366 g/mol. The van der Waals surface area contributed by atoms with Crippen molar-refractivity contribution in [3.63, 3.8) is 0 Å². The molecule has 0 aromatic carbocycles. The molecule has 0 radical (unpaired) electrons. The Hall–Kier alpha value is -2.31. The van der Waals surface area contributed by atoms with E-state index in [1.807, 2.05) is 19.9 Å². The zero-order chi connectivity index (χ0) is 19.9. The third kappa shape index (κ3) is 6.90. The minimum Gasteiger partial charge on any atom is -0.457 e. The third-order valence-corrected chi connectivity index (χ3v) is 3.68. The second kappa shape index (κ2) is 9.40. The topological polar surface area (TPSA) is 86.6 Å². The predicted molar refractivity (Wildman–Crippen MR) is 98.3 cm³/mol. The molecule has 0 fully saturated rings. The first-order valence-electron chi connectivity index (χ1n) is 8.87. The third-order valence-electron chi connectivity index (χ3n) is 3.68. The van der Waals surface area contributed by atoms with Crippen LogP contribution in [0.25, 0.3) is 0 Å². The van der Waals surface area contributed by atoms with Crippen LogP contribution in [0.3, 0.4) is 0 Å². The van der Waals surface area contributed by atoms with Crippen LogP contribution in [0, 0.1) is 13.8 Å². The number of alkyl carbamates (subject to hydrolysis) is 1. The molecule has 1 aromatic heterocycles. The summed E-state index contributed by atoms with van der Waals surface area (Å²) in [4.78, 5) is 35.5. The first kappa shape index (κ1) is 21.7. The van der Waals surface area contributed by atoms with Gasteiger partial charge in [0, 0.05) is 30.0 Å². The maximum absolute atomic E-state index is 12.3. The Balaban J connectivity index is 2.42. The first-order chi connectivity index (χ1) is 12.0. The number of carbonyl (C=O) groups excluding carboxylic acids is 3. The van der Waals surface area contributed by atoms with Gasteiger partial charge in [0.15, 0.2) is 6.61 Å². The van der Waals surface area contributed by atoms with E-state index in [1.165, 1.54) is 0 Å². The van der Waals surface area contributed by atoms with Crippen LogP contribution >= 0.6 is 0 Å². The molecule has 7 heteroatoms. The minimum atomic E-state index is -0.596. The van der Waals surface area contributed by atoms with Gasteiger partial charge in [-0.2, -0.15) is 0 Å². The van der Waals surface area contributed by atoms with Crippen molar-refractivity contribution in [2.45, 2.75) is 66.5 Å². The predicted octanol–water partition coefficient (Wildman–Crippen LogP) is 3.16. The zero-order valence-electron chi connectivity index (χ0n) is 16.6. The molecule has 0 bridgehead atoms. The maximum atomic E-state index is 12.3. The summed E-state index contributed by atoms with van der Waals surface area (Å²) >= 11 is 0. The normalized spacial score (nSPS) is 11.2. The van der Waals surface area contributed by atoms with Crippen LogP contribution in [-0.2, 0) is 20.8 Å². The number of ketones is 1. The van der Waals surface area contributed by atoms with Crippen LogP contribution < -0.4 is 5.32 Å². The number of amides is 1. The molecule has 0 saturated carbocycles. The highest BCUT2D eigenvalue weighted by Crippen LogP contribution is 2.16. The van der Waals surface area contributed by atoms with Gasteiger partial charge in [-0.25, -0.2) is 4.79 Å². The summed E-state index contributed by atoms with van der Waals surface area (Å²) in [7, 11) is 0. The lowest BCUT2D eigenvalue weighted by atomic mass is 10.1. The molecule has 0 aliphatic rings. The second-order valence-electron chi connectivity index (χ2n) is 7.20. The molecule has 0 aliphatic carbocycles. The van der Waals surface area contributed by atoms with E-state index >= 15 is 0 Å². The quantitative estimate of drug-likeness (QED) is 0.564. The highest BCUT2D eigenvalue weighted by Gasteiger charge is 2.18. The number of aryl methyl sites for hydroxylation is 1. The van der Waals surface area contributed by atoms with Crippen LogP contribution in [0.4, 0.5) is 4.79 Å². The lowest BCUT2D eigenvalue weighted by Gasteiger charge is -2.19. The van der Waals surface area contributed by atoms with Crippen molar-refractivity contribution >= 4 is 17.8 Å². The van der Waals surface area contributed by atoms with Crippen molar-refractivity contribution < 1.29 is 23.9 Å². The van der Waals surface area contributed by atoms with E-state index in [4.69, 9.17) is 9.47 Å². The summed E-state index contributed by atoms with van der Waals surface area (Å²) in [6.07, 6.45) is 0.357. The molecule has 7 nitrogen and oxygen atoms in total. The Labute approximate surface area is 155 Å². The molecular weight excluding hydrogens is 336 g/mol. The molecular formula is C19H30N2O5. The van der Waals surface area contributed by atoms with Gasteiger partial charge in [-0.3, -0.25) is 9.59 Å². The molecule has 1 N–H and O–H groups in total. The number of nitrogens with one attached hydrogen (secondary N) is 1. The Kier molecular flexibility index (Phi) is 7.86. The van der Waals surface area contributed by atoms with Gasteiger partial charge < -0.3 is 19.4 Å². The highest BCUT2D eigenvalue weighted by molar-refractivity contribution is 5.99. The monoisotopic (exact) mass is 366 g/mol. The van der Waals surface area contributed by atoms with Crippen LogP contribution in [0.5, 0.6) is 0 Å². The fraction of sp³-hybridized carbons (Fsp3) is 0.632. The molecule has 0 aliphatic heterocycles. The molecule has 0 atom stereocenters.